The van der Waals surface area contributed by atoms with Crippen LogP contribution in [0.25, 0.3) is 0 Å². The molecule has 1 fully saturated rings. The normalized spacial score (nSPS) is 16.5. The van der Waals surface area contributed by atoms with Crippen molar-refractivity contribution in [2.75, 3.05) is 7.11 Å². The fourth-order valence-corrected chi connectivity index (χ4v) is 2.98. The average Bonchev–Trinajstić information content (AvgIpc) is 2.45. The molecule has 3 rings (SSSR count). The van der Waals surface area contributed by atoms with Crippen molar-refractivity contribution in [1.82, 2.24) is 0 Å². The maximum absolute atomic E-state index is 6.53. The van der Waals surface area contributed by atoms with E-state index in [4.69, 9.17) is 10.5 Å². The first-order valence-corrected chi connectivity index (χ1v) is 7.28. The van der Waals surface area contributed by atoms with Crippen molar-refractivity contribution >= 4 is 0 Å². The van der Waals surface area contributed by atoms with Crippen molar-refractivity contribution in [3.05, 3.63) is 65.2 Å². The number of ether oxygens (including phenoxy) is 1. The Morgan fingerprint density at radius 2 is 1.65 bits per heavy atom. The van der Waals surface area contributed by atoms with E-state index in [0.29, 0.717) is 5.92 Å². The van der Waals surface area contributed by atoms with Gasteiger partial charge in [-0.2, -0.15) is 0 Å². The summed E-state index contributed by atoms with van der Waals surface area (Å²) in [6.45, 7) is 0. The van der Waals surface area contributed by atoms with Gasteiger partial charge in [-0.05, 0) is 36.0 Å². The van der Waals surface area contributed by atoms with Gasteiger partial charge >= 0.3 is 0 Å². The summed E-state index contributed by atoms with van der Waals surface area (Å²) < 4.78 is 5.45. The van der Waals surface area contributed by atoms with E-state index < -0.39 is 0 Å². The lowest BCUT2D eigenvalue weighted by atomic mass is 9.76. The van der Waals surface area contributed by atoms with Crippen LogP contribution in [0.15, 0.2) is 48.5 Å². The zero-order valence-electron chi connectivity index (χ0n) is 11.9. The summed E-state index contributed by atoms with van der Waals surface area (Å²) in [6, 6.07) is 16.5. The van der Waals surface area contributed by atoms with Gasteiger partial charge in [-0.1, -0.05) is 48.9 Å². The molecule has 1 aliphatic carbocycles. The van der Waals surface area contributed by atoms with Gasteiger partial charge in [0.05, 0.1) is 13.2 Å². The number of nitrogens with two attached hydrogens (primary N) is 1. The fraction of sp³-hybridized carbons (Fsp3) is 0.333. The molecule has 0 spiro atoms. The molecule has 0 aliphatic heterocycles. The predicted molar refractivity (Wildman–Crippen MR) is 82.1 cm³/mol. The van der Waals surface area contributed by atoms with Gasteiger partial charge < -0.3 is 10.5 Å². The van der Waals surface area contributed by atoms with E-state index in [-0.39, 0.29) is 6.04 Å². The topological polar surface area (TPSA) is 35.2 Å². The van der Waals surface area contributed by atoms with Crippen LogP contribution >= 0.6 is 0 Å². The van der Waals surface area contributed by atoms with Gasteiger partial charge in [-0.25, -0.2) is 0 Å². The number of rotatable bonds is 4. The minimum absolute atomic E-state index is 0.122. The molecule has 2 heteroatoms. The van der Waals surface area contributed by atoms with Crippen LogP contribution in [0.2, 0.25) is 0 Å². The van der Waals surface area contributed by atoms with E-state index in [1.54, 1.807) is 7.11 Å². The zero-order valence-corrected chi connectivity index (χ0v) is 11.9. The quantitative estimate of drug-likeness (QED) is 0.908. The Kier molecular flexibility index (Phi) is 3.75. The lowest BCUT2D eigenvalue weighted by Gasteiger charge is -2.30. The number of benzene rings is 2. The van der Waals surface area contributed by atoms with Crippen molar-refractivity contribution in [3.8, 4) is 5.75 Å². The molecule has 1 aliphatic rings. The molecular weight excluding hydrogens is 246 g/mol. The molecule has 0 bridgehead atoms. The first kappa shape index (κ1) is 13.2. The molecule has 0 saturated heterocycles. The molecule has 104 valence electrons. The van der Waals surface area contributed by atoms with Gasteiger partial charge in [0.15, 0.2) is 0 Å². The van der Waals surface area contributed by atoms with Crippen LogP contribution in [0, 0.1) is 0 Å². The van der Waals surface area contributed by atoms with Gasteiger partial charge in [0.2, 0.25) is 0 Å². The molecule has 0 radical (unpaired) electrons. The molecule has 2 aromatic carbocycles. The molecule has 20 heavy (non-hydrogen) atoms. The largest absolute Gasteiger partial charge is 0.496 e. The second-order valence-electron chi connectivity index (χ2n) is 5.48. The predicted octanol–water partition coefficient (Wildman–Crippen LogP) is 4.01. The minimum atomic E-state index is -0.122. The van der Waals surface area contributed by atoms with Crippen LogP contribution < -0.4 is 10.5 Å². The van der Waals surface area contributed by atoms with Crippen LogP contribution in [0.5, 0.6) is 5.75 Å². The third-order valence-electron chi connectivity index (χ3n) is 4.35. The van der Waals surface area contributed by atoms with Crippen LogP contribution in [0.4, 0.5) is 0 Å². The van der Waals surface area contributed by atoms with Crippen molar-refractivity contribution in [2.45, 2.75) is 31.2 Å². The van der Waals surface area contributed by atoms with E-state index in [9.17, 15) is 0 Å². The SMILES string of the molecule is COc1ccccc1C(N)c1ccccc1C1CCC1. The smallest absolute Gasteiger partial charge is 0.123 e. The lowest BCUT2D eigenvalue weighted by molar-refractivity contribution is 0.405. The molecule has 1 unspecified atom stereocenters. The molecule has 2 aromatic rings. The van der Waals surface area contributed by atoms with Crippen molar-refractivity contribution in [3.63, 3.8) is 0 Å². The highest BCUT2D eigenvalue weighted by Crippen LogP contribution is 2.40. The second kappa shape index (κ2) is 5.68. The van der Waals surface area contributed by atoms with E-state index in [0.717, 1.165) is 11.3 Å². The average molecular weight is 267 g/mol. The highest BCUT2D eigenvalue weighted by molar-refractivity contribution is 5.45. The van der Waals surface area contributed by atoms with Crippen LogP contribution in [-0.4, -0.2) is 7.11 Å². The Labute approximate surface area is 120 Å². The standard InChI is InChI=1S/C18H21NO/c1-20-17-12-5-4-11-16(17)18(19)15-10-3-2-9-14(15)13-7-6-8-13/h2-5,9-13,18H,6-8,19H2,1H3. The van der Waals surface area contributed by atoms with Gasteiger partial charge in [-0.3, -0.25) is 0 Å². The Morgan fingerprint density at radius 1 is 1.00 bits per heavy atom. The molecular formula is C18H21NO. The van der Waals surface area contributed by atoms with Crippen LogP contribution in [-0.2, 0) is 0 Å². The number of methoxy groups -OCH3 is 1. The van der Waals surface area contributed by atoms with E-state index in [1.165, 1.54) is 30.4 Å². The number of hydrogen-bond acceptors (Lipinski definition) is 2. The fourth-order valence-electron chi connectivity index (χ4n) is 2.98. The molecule has 0 aromatic heterocycles. The molecule has 1 saturated carbocycles. The first-order valence-electron chi connectivity index (χ1n) is 7.28. The number of hydrogen-bond donors (Lipinski definition) is 1. The summed E-state index contributed by atoms with van der Waals surface area (Å²) in [5.74, 6) is 1.55. The zero-order chi connectivity index (χ0) is 13.9. The van der Waals surface area contributed by atoms with Gasteiger partial charge in [0.1, 0.15) is 5.75 Å². The van der Waals surface area contributed by atoms with E-state index in [1.807, 2.05) is 18.2 Å². The minimum Gasteiger partial charge on any atom is -0.496 e. The molecule has 2 N–H and O–H groups in total. The van der Waals surface area contributed by atoms with E-state index in [2.05, 4.69) is 30.3 Å². The summed E-state index contributed by atoms with van der Waals surface area (Å²) in [5, 5.41) is 0. The van der Waals surface area contributed by atoms with Crippen molar-refractivity contribution in [1.29, 1.82) is 0 Å². The first-order chi connectivity index (χ1) is 9.81. The van der Waals surface area contributed by atoms with Crippen molar-refractivity contribution < 1.29 is 4.74 Å². The highest BCUT2D eigenvalue weighted by Gasteiger charge is 2.25. The van der Waals surface area contributed by atoms with Crippen LogP contribution in [0.3, 0.4) is 0 Å². The van der Waals surface area contributed by atoms with Crippen LogP contribution in [0.1, 0.15) is 47.9 Å². The Bertz CT molecular complexity index is 589. The van der Waals surface area contributed by atoms with Crippen molar-refractivity contribution in [2.24, 2.45) is 5.73 Å². The maximum Gasteiger partial charge on any atom is 0.123 e. The molecule has 0 heterocycles. The Balaban J connectivity index is 1.99. The summed E-state index contributed by atoms with van der Waals surface area (Å²) >= 11 is 0. The molecule has 1 atom stereocenters. The summed E-state index contributed by atoms with van der Waals surface area (Å²) in [7, 11) is 1.70. The Morgan fingerprint density at radius 3 is 2.30 bits per heavy atom. The van der Waals surface area contributed by atoms with Gasteiger partial charge in [0.25, 0.3) is 0 Å². The maximum atomic E-state index is 6.53. The monoisotopic (exact) mass is 267 g/mol. The molecule has 2 nitrogen and oxygen atoms in total. The third-order valence-corrected chi connectivity index (χ3v) is 4.35. The summed E-state index contributed by atoms with van der Waals surface area (Å²) in [6.07, 6.45) is 3.91. The molecule has 0 amide bonds. The summed E-state index contributed by atoms with van der Waals surface area (Å²) in [5.41, 5.74) is 10.2. The third kappa shape index (κ3) is 2.32. The lowest BCUT2D eigenvalue weighted by Crippen LogP contribution is -2.18. The van der Waals surface area contributed by atoms with E-state index >= 15 is 0 Å². The second-order valence-corrected chi connectivity index (χ2v) is 5.48. The number of para-hydroxylation sites is 1. The van der Waals surface area contributed by atoms with Gasteiger partial charge in [-0.15, -0.1) is 0 Å². The van der Waals surface area contributed by atoms with Gasteiger partial charge in [0, 0.05) is 5.56 Å². The Hall–Kier alpha value is -1.80. The summed E-state index contributed by atoms with van der Waals surface area (Å²) in [4.78, 5) is 0. The highest BCUT2D eigenvalue weighted by atomic mass is 16.5.